The second-order valence-corrected chi connectivity index (χ2v) is 3.55. The van der Waals surface area contributed by atoms with Gasteiger partial charge in [-0.05, 0) is 29.8 Å². The number of nitrogens with zero attached hydrogens (tertiary/aromatic N) is 2. The first-order valence-electron chi connectivity index (χ1n) is 4.94. The molecule has 7 heteroatoms. The van der Waals surface area contributed by atoms with E-state index in [1.165, 1.54) is 12.3 Å². The van der Waals surface area contributed by atoms with E-state index in [1.54, 1.807) is 24.3 Å². The lowest BCUT2D eigenvalue weighted by atomic mass is 10.3. The second-order valence-electron chi connectivity index (χ2n) is 3.21. The molecule has 0 aliphatic rings. The van der Waals surface area contributed by atoms with Crippen molar-refractivity contribution in [2.75, 3.05) is 5.32 Å². The number of hydrogen-bond donors (Lipinski definition) is 1. The van der Waals surface area contributed by atoms with Crippen molar-refractivity contribution in [3.63, 3.8) is 0 Å². The van der Waals surface area contributed by atoms with Gasteiger partial charge in [0.05, 0.1) is 5.69 Å². The summed E-state index contributed by atoms with van der Waals surface area (Å²) in [6.07, 6.45) is 1.45. The maximum Gasteiger partial charge on any atom is 0.387 e. The zero-order valence-corrected chi connectivity index (χ0v) is 9.73. The number of halogens is 3. The van der Waals surface area contributed by atoms with Crippen molar-refractivity contribution in [3.05, 3.63) is 41.8 Å². The van der Waals surface area contributed by atoms with Crippen molar-refractivity contribution in [2.24, 2.45) is 0 Å². The first kappa shape index (κ1) is 12.5. The minimum atomic E-state index is -2.89. The Bertz CT molecular complexity index is 539. The van der Waals surface area contributed by atoms with Crippen molar-refractivity contribution in [1.82, 2.24) is 9.97 Å². The van der Waals surface area contributed by atoms with Crippen LogP contribution in [0, 0.1) is 0 Å². The Kier molecular flexibility index (Phi) is 3.88. The summed E-state index contributed by atoms with van der Waals surface area (Å²) in [7, 11) is 0. The third-order valence-electron chi connectivity index (χ3n) is 1.99. The highest BCUT2D eigenvalue weighted by molar-refractivity contribution is 6.28. The van der Waals surface area contributed by atoms with Gasteiger partial charge in [0.1, 0.15) is 11.6 Å². The fourth-order valence-corrected chi connectivity index (χ4v) is 1.46. The van der Waals surface area contributed by atoms with Gasteiger partial charge in [-0.3, -0.25) is 0 Å². The Morgan fingerprint density at radius 3 is 2.72 bits per heavy atom. The van der Waals surface area contributed by atoms with Crippen LogP contribution in [0.1, 0.15) is 0 Å². The summed E-state index contributed by atoms with van der Waals surface area (Å²) in [5.74, 6) is 0.419. The molecular weight excluding hydrogens is 264 g/mol. The van der Waals surface area contributed by atoms with Gasteiger partial charge in [-0.15, -0.1) is 0 Å². The highest BCUT2D eigenvalue weighted by Crippen LogP contribution is 2.28. The molecule has 1 heterocycles. The van der Waals surface area contributed by atoms with E-state index in [4.69, 9.17) is 11.6 Å². The normalized spacial score (nSPS) is 10.4. The zero-order valence-electron chi connectivity index (χ0n) is 8.98. The molecule has 0 unspecified atom stereocenters. The predicted octanol–water partition coefficient (Wildman–Crippen LogP) is 3.48. The van der Waals surface area contributed by atoms with Crippen molar-refractivity contribution in [3.8, 4) is 5.75 Å². The molecule has 1 N–H and O–H groups in total. The number of aromatic nitrogens is 2. The maximum atomic E-state index is 12.2. The lowest BCUT2D eigenvalue weighted by Gasteiger charge is -2.11. The van der Waals surface area contributed by atoms with Gasteiger partial charge in [0.15, 0.2) is 0 Å². The van der Waals surface area contributed by atoms with E-state index < -0.39 is 6.61 Å². The molecule has 2 rings (SSSR count). The number of rotatable bonds is 4. The topological polar surface area (TPSA) is 47.0 Å². The SMILES string of the molecule is FC(F)Oc1ccccc1Nc1ccnc(Cl)n1. The number of hydrogen-bond acceptors (Lipinski definition) is 4. The van der Waals surface area contributed by atoms with Crippen LogP contribution in [-0.2, 0) is 0 Å². The van der Waals surface area contributed by atoms with Crippen LogP contribution < -0.4 is 10.1 Å². The molecule has 0 amide bonds. The Balaban J connectivity index is 2.23. The lowest BCUT2D eigenvalue weighted by Crippen LogP contribution is -2.04. The Hall–Kier alpha value is -1.95. The van der Waals surface area contributed by atoms with E-state index in [0.29, 0.717) is 11.5 Å². The van der Waals surface area contributed by atoms with Gasteiger partial charge >= 0.3 is 6.61 Å². The minimum absolute atomic E-state index is 0.0298. The predicted molar refractivity (Wildman–Crippen MR) is 63.4 cm³/mol. The molecule has 1 aromatic heterocycles. The van der Waals surface area contributed by atoms with Crippen LogP contribution in [0.4, 0.5) is 20.3 Å². The minimum Gasteiger partial charge on any atom is -0.433 e. The highest BCUT2D eigenvalue weighted by Gasteiger charge is 2.09. The van der Waals surface area contributed by atoms with E-state index in [-0.39, 0.29) is 11.0 Å². The van der Waals surface area contributed by atoms with Crippen molar-refractivity contribution in [2.45, 2.75) is 6.61 Å². The fraction of sp³-hybridized carbons (Fsp3) is 0.0909. The van der Waals surface area contributed by atoms with E-state index in [0.717, 1.165) is 0 Å². The smallest absolute Gasteiger partial charge is 0.387 e. The molecule has 0 saturated carbocycles. The summed E-state index contributed by atoms with van der Waals surface area (Å²) in [5, 5.41) is 2.89. The molecule has 0 bridgehead atoms. The van der Waals surface area contributed by atoms with Gasteiger partial charge in [0.2, 0.25) is 5.28 Å². The molecule has 18 heavy (non-hydrogen) atoms. The third kappa shape index (κ3) is 3.27. The Morgan fingerprint density at radius 1 is 1.22 bits per heavy atom. The molecule has 94 valence electrons. The van der Waals surface area contributed by atoms with Gasteiger partial charge in [-0.25, -0.2) is 9.97 Å². The molecule has 0 spiro atoms. The monoisotopic (exact) mass is 271 g/mol. The fourth-order valence-electron chi connectivity index (χ4n) is 1.31. The van der Waals surface area contributed by atoms with Crippen molar-refractivity contribution < 1.29 is 13.5 Å². The van der Waals surface area contributed by atoms with E-state index in [9.17, 15) is 8.78 Å². The van der Waals surface area contributed by atoms with Crippen LogP contribution in [0.15, 0.2) is 36.5 Å². The van der Waals surface area contributed by atoms with Gasteiger partial charge in [0.25, 0.3) is 0 Å². The molecule has 0 saturated heterocycles. The highest BCUT2D eigenvalue weighted by atomic mass is 35.5. The summed E-state index contributed by atoms with van der Waals surface area (Å²) in [6, 6.07) is 7.86. The van der Waals surface area contributed by atoms with Crippen LogP contribution in [0.25, 0.3) is 0 Å². The standard InChI is InChI=1S/C11H8ClF2N3O/c12-10-15-6-5-9(17-10)16-7-3-1-2-4-8(7)18-11(13)14/h1-6,11H,(H,15,16,17). The molecule has 0 fully saturated rings. The number of alkyl halides is 2. The molecule has 1 aromatic carbocycles. The average Bonchev–Trinajstić information content (AvgIpc) is 2.31. The van der Waals surface area contributed by atoms with Crippen LogP contribution in [0.3, 0.4) is 0 Å². The Labute approximate surface area is 107 Å². The van der Waals surface area contributed by atoms with E-state index in [1.807, 2.05) is 0 Å². The summed E-state index contributed by atoms with van der Waals surface area (Å²) in [5.41, 5.74) is 0.368. The van der Waals surface area contributed by atoms with E-state index in [2.05, 4.69) is 20.0 Å². The molecule has 0 aliphatic carbocycles. The number of anilines is 2. The van der Waals surface area contributed by atoms with Gasteiger partial charge in [0, 0.05) is 6.20 Å². The zero-order chi connectivity index (χ0) is 13.0. The maximum absolute atomic E-state index is 12.2. The molecule has 0 aliphatic heterocycles. The quantitative estimate of drug-likeness (QED) is 0.865. The number of nitrogens with one attached hydrogen (secondary N) is 1. The van der Waals surface area contributed by atoms with Gasteiger partial charge in [-0.1, -0.05) is 12.1 Å². The molecule has 4 nitrogen and oxygen atoms in total. The third-order valence-corrected chi connectivity index (χ3v) is 2.17. The number of para-hydroxylation sites is 2. The average molecular weight is 272 g/mol. The van der Waals surface area contributed by atoms with Gasteiger partial charge < -0.3 is 10.1 Å². The lowest BCUT2D eigenvalue weighted by molar-refractivity contribution is -0.0493. The summed E-state index contributed by atoms with van der Waals surface area (Å²) in [4.78, 5) is 7.60. The van der Waals surface area contributed by atoms with E-state index >= 15 is 0 Å². The second kappa shape index (κ2) is 5.59. The summed E-state index contributed by atoms with van der Waals surface area (Å²) >= 11 is 5.62. The number of ether oxygens (including phenoxy) is 1. The first-order valence-corrected chi connectivity index (χ1v) is 5.32. The van der Waals surface area contributed by atoms with Crippen molar-refractivity contribution in [1.29, 1.82) is 0 Å². The van der Waals surface area contributed by atoms with Crippen LogP contribution in [0.5, 0.6) is 5.75 Å². The largest absolute Gasteiger partial charge is 0.433 e. The van der Waals surface area contributed by atoms with Crippen LogP contribution >= 0.6 is 11.6 Å². The molecule has 0 radical (unpaired) electrons. The summed E-state index contributed by atoms with van der Waals surface area (Å²) < 4.78 is 28.8. The molecule has 2 aromatic rings. The van der Waals surface area contributed by atoms with Crippen LogP contribution in [0.2, 0.25) is 5.28 Å². The first-order chi connectivity index (χ1) is 8.65. The van der Waals surface area contributed by atoms with Crippen molar-refractivity contribution >= 4 is 23.1 Å². The summed E-state index contributed by atoms with van der Waals surface area (Å²) in [6.45, 7) is -2.89. The van der Waals surface area contributed by atoms with Gasteiger partial charge in [-0.2, -0.15) is 8.78 Å². The Morgan fingerprint density at radius 2 is 2.00 bits per heavy atom. The van der Waals surface area contributed by atoms with Crippen LogP contribution in [-0.4, -0.2) is 16.6 Å². The molecule has 0 atom stereocenters. The number of benzene rings is 1. The molecular formula is C11H8ClF2N3O.